The SMILES string of the molecule is COc1cc(/C=C2\N=C(c3ccc([N+](=O)[O-])c(C)c3)OC2=O)ccc1OC(=O)c1ccc(C)cc1. The third kappa shape index (κ3) is 5.09. The van der Waals surface area contributed by atoms with Crippen LogP contribution in [0.3, 0.4) is 0 Å². The normalized spacial score (nSPS) is 13.9. The van der Waals surface area contributed by atoms with Crippen molar-refractivity contribution in [1.82, 2.24) is 0 Å². The Labute approximate surface area is 200 Å². The van der Waals surface area contributed by atoms with Crippen molar-refractivity contribution in [3.63, 3.8) is 0 Å². The zero-order valence-electron chi connectivity index (χ0n) is 19.1. The number of aliphatic imine (C=N–C) groups is 1. The minimum Gasteiger partial charge on any atom is -0.493 e. The van der Waals surface area contributed by atoms with Crippen LogP contribution in [0.2, 0.25) is 0 Å². The van der Waals surface area contributed by atoms with E-state index in [-0.39, 0.29) is 23.0 Å². The minimum absolute atomic E-state index is 0.0373. The van der Waals surface area contributed by atoms with Gasteiger partial charge >= 0.3 is 11.9 Å². The molecule has 4 rings (SSSR count). The molecule has 3 aromatic carbocycles. The number of esters is 2. The first-order valence-corrected chi connectivity index (χ1v) is 10.5. The number of nitro groups is 1. The lowest BCUT2D eigenvalue weighted by atomic mass is 10.1. The van der Waals surface area contributed by atoms with Crippen LogP contribution >= 0.6 is 0 Å². The molecule has 0 bridgehead atoms. The first kappa shape index (κ1) is 23.4. The number of cyclic esters (lactones) is 1. The van der Waals surface area contributed by atoms with Gasteiger partial charge in [-0.3, -0.25) is 10.1 Å². The lowest BCUT2D eigenvalue weighted by Gasteiger charge is -2.10. The number of carbonyl (C=O) groups excluding carboxylic acids is 2. The second kappa shape index (κ2) is 9.60. The number of methoxy groups -OCH3 is 1. The van der Waals surface area contributed by atoms with Crippen LogP contribution in [0, 0.1) is 24.0 Å². The lowest BCUT2D eigenvalue weighted by Crippen LogP contribution is -2.09. The molecule has 0 N–H and O–H groups in total. The quantitative estimate of drug-likeness (QED) is 0.166. The van der Waals surface area contributed by atoms with Gasteiger partial charge in [0.15, 0.2) is 17.2 Å². The Kier molecular flexibility index (Phi) is 6.41. The van der Waals surface area contributed by atoms with Crippen molar-refractivity contribution in [1.29, 1.82) is 0 Å². The fourth-order valence-electron chi connectivity index (χ4n) is 3.39. The summed E-state index contributed by atoms with van der Waals surface area (Å²) >= 11 is 0. The highest BCUT2D eigenvalue weighted by atomic mass is 16.6. The first-order valence-electron chi connectivity index (χ1n) is 10.5. The molecule has 0 aromatic heterocycles. The van der Waals surface area contributed by atoms with E-state index in [1.807, 2.05) is 19.1 Å². The van der Waals surface area contributed by atoms with Crippen molar-refractivity contribution >= 4 is 29.6 Å². The number of hydrogen-bond acceptors (Lipinski definition) is 8. The van der Waals surface area contributed by atoms with Crippen molar-refractivity contribution in [2.24, 2.45) is 4.99 Å². The maximum absolute atomic E-state index is 12.4. The Morgan fingerprint density at radius 1 is 1.03 bits per heavy atom. The number of aryl methyl sites for hydroxylation is 2. The predicted molar refractivity (Wildman–Crippen MR) is 128 cm³/mol. The molecular formula is C26H20N2O7. The average molecular weight is 472 g/mol. The topological polar surface area (TPSA) is 117 Å². The second-order valence-electron chi connectivity index (χ2n) is 7.76. The Morgan fingerprint density at radius 3 is 2.43 bits per heavy atom. The fraction of sp³-hybridized carbons (Fsp3) is 0.115. The van der Waals surface area contributed by atoms with Crippen molar-refractivity contribution in [2.45, 2.75) is 13.8 Å². The molecule has 0 spiro atoms. The minimum atomic E-state index is -0.662. The van der Waals surface area contributed by atoms with Crippen molar-refractivity contribution in [2.75, 3.05) is 7.11 Å². The number of carbonyl (C=O) groups is 2. The molecule has 0 unspecified atom stereocenters. The third-order valence-corrected chi connectivity index (χ3v) is 5.24. The van der Waals surface area contributed by atoms with Gasteiger partial charge in [-0.15, -0.1) is 0 Å². The molecule has 0 aliphatic carbocycles. The molecule has 9 nitrogen and oxygen atoms in total. The van der Waals surface area contributed by atoms with Gasteiger partial charge in [0.1, 0.15) is 0 Å². The molecule has 176 valence electrons. The highest BCUT2D eigenvalue weighted by molar-refractivity contribution is 6.13. The summed E-state index contributed by atoms with van der Waals surface area (Å²) in [6.07, 6.45) is 1.50. The molecule has 0 atom stereocenters. The van der Waals surface area contributed by atoms with Gasteiger partial charge < -0.3 is 14.2 Å². The van der Waals surface area contributed by atoms with E-state index < -0.39 is 16.9 Å². The molecule has 1 heterocycles. The number of hydrogen-bond donors (Lipinski definition) is 0. The molecular weight excluding hydrogens is 452 g/mol. The van der Waals surface area contributed by atoms with Crippen molar-refractivity contribution in [3.8, 4) is 11.5 Å². The first-order chi connectivity index (χ1) is 16.7. The van der Waals surface area contributed by atoms with Gasteiger partial charge in [-0.2, -0.15) is 0 Å². The summed E-state index contributed by atoms with van der Waals surface area (Å²) in [7, 11) is 1.44. The Morgan fingerprint density at radius 2 is 1.77 bits per heavy atom. The average Bonchev–Trinajstić information content (AvgIpc) is 3.20. The van der Waals surface area contributed by atoms with Gasteiger partial charge in [-0.25, -0.2) is 14.6 Å². The van der Waals surface area contributed by atoms with Gasteiger partial charge in [-0.1, -0.05) is 23.8 Å². The third-order valence-electron chi connectivity index (χ3n) is 5.24. The van der Waals surface area contributed by atoms with Crippen LogP contribution in [0.25, 0.3) is 6.08 Å². The number of ether oxygens (including phenoxy) is 3. The summed E-state index contributed by atoms with van der Waals surface area (Å²) in [4.78, 5) is 39.6. The predicted octanol–water partition coefficient (Wildman–Crippen LogP) is 4.78. The largest absolute Gasteiger partial charge is 0.493 e. The smallest absolute Gasteiger partial charge is 0.363 e. The van der Waals surface area contributed by atoms with Crippen LogP contribution in [0.5, 0.6) is 11.5 Å². The van der Waals surface area contributed by atoms with E-state index >= 15 is 0 Å². The molecule has 1 aliphatic heterocycles. The highest BCUT2D eigenvalue weighted by Gasteiger charge is 2.25. The van der Waals surface area contributed by atoms with Crippen LogP contribution in [0.1, 0.15) is 32.6 Å². The van der Waals surface area contributed by atoms with Gasteiger partial charge in [0.05, 0.1) is 17.6 Å². The van der Waals surface area contributed by atoms with Crippen LogP contribution in [0.15, 0.2) is 71.4 Å². The molecule has 35 heavy (non-hydrogen) atoms. The van der Waals surface area contributed by atoms with E-state index in [2.05, 4.69) is 4.99 Å². The summed E-state index contributed by atoms with van der Waals surface area (Å²) in [6, 6.07) is 16.1. The zero-order chi connectivity index (χ0) is 25.1. The summed E-state index contributed by atoms with van der Waals surface area (Å²) in [5.74, 6) is -0.623. The van der Waals surface area contributed by atoms with Crippen LogP contribution in [0.4, 0.5) is 5.69 Å². The van der Waals surface area contributed by atoms with E-state index in [4.69, 9.17) is 14.2 Å². The van der Waals surface area contributed by atoms with Crippen molar-refractivity contribution in [3.05, 3.63) is 104 Å². The van der Waals surface area contributed by atoms with Gasteiger partial charge in [0.2, 0.25) is 5.90 Å². The second-order valence-corrected chi connectivity index (χ2v) is 7.76. The monoisotopic (exact) mass is 472 g/mol. The summed E-state index contributed by atoms with van der Waals surface area (Å²) in [6.45, 7) is 3.51. The van der Waals surface area contributed by atoms with E-state index in [0.717, 1.165) is 5.56 Å². The molecule has 0 fully saturated rings. The molecule has 0 radical (unpaired) electrons. The molecule has 9 heteroatoms. The lowest BCUT2D eigenvalue weighted by molar-refractivity contribution is -0.385. The summed E-state index contributed by atoms with van der Waals surface area (Å²) < 4.78 is 16.1. The maximum Gasteiger partial charge on any atom is 0.363 e. The molecule has 0 saturated carbocycles. The van der Waals surface area contributed by atoms with E-state index in [1.54, 1.807) is 37.3 Å². The van der Waals surface area contributed by atoms with Crippen LogP contribution in [-0.4, -0.2) is 29.9 Å². The molecule has 0 saturated heterocycles. The van der Waals surface area contributed by atoms with Gasteiger partial charge in [-0.05, 0) is 61.9 Å². The molecule has 0 amide bonds. The standard InChI is InChI=1S/C26H20N2O7/c1-15-4-7-18(8-5-15)25(29)34-22-11-6-17(14-23(22)33-3)13-20-26(30)35-24(27-20)19-9-10-21(28(31)32)16(2)12-19/h4-14H,1-3H3/b20-13-. The molecule has 3 aromatic rings. The number of rotatable bonds is 6. The van der Waals surface area contributed by atoms with Gasteiger partial charge in [0, 0.05) is 17.2 Å². The molecule has 1 aliphatic rings. The summed E-state index contributed by atoms with van der Waals surface area (Å²) in [5, 5.41) is 11.0. The Bertz CT molecular complexity index is 1410. The Hall–Kier alpha value is -4.79. The number of nitrogens with zero attached hydrogens (tertiary/aromatic N) is 2. The van der Waals surface area contributed by atoms with Crippen LogP contribution < -0.4 is 9.47 Å². The van der Waals surface area contributed by atoms with E-state index in [1.165, 1.54) is 31.4 Å². The van der Waals surface area contributed by atoms with E-state index in [9.17, 15) is 19.7 Å². The number of nitro benzene ring substituents is 1. The fourth-order valence-corrected chi connectivity index (χ4v) is 3.39. The Balaban J connectivity index is 1.57. The van der Waals surface area contributed by atoms with Gasteiger partial charge in [0.25, 0.3) is 5.69 Å². The maximum atomic E-state index is 12.4. The van der Waals surface area contributed by atoms with Crippen molar-refractivity contribution < 1.29 is 28.7 Å². The number of benzene rings is 3. The highest BCUT2D eigenvalue weighted by Crippen LogP contribution is 2.31. The summed E-state index contributed by atoms with van der Waals surface area (Å²) in [5.41, 5.74) is 2.86. The van der Waals surface area contributed by atoms with Crippen LogP contribution in [-0.2, 0) is 9.53 Å². The van der Waals surface area contributed by atoms with E-state index in [0.29, 0.717) is 28.0 Å². The zero-order valence-corrected chi connectivity index (χ0v) is 19.1.